The van der Waals surface area contributed by atoms with Crippen LogP contribution >= 0.6 is 11.6 Å². The average Bonchev–Trinajstić information content (AvgIpc) is 2.38. The summed E-state index contributed by atoms with van der Waals surface area (Å²) in [5.41, 5.74) is 1.03. The fourth-order valence-corrected chi connectivity index (χ4v) is 2.97. The molecule has 2 rings (SSSR count). The molecule has 1 atom stereocenters. The standard InChI is InChI=1S/C14H23ClN4O/c1-4-12-13(15)16-11(3)17-14(12)19-7-5-18(6-8-19)9-10(2)20/h10,20H,4-9H2,1-3H3/t10-/m1/s1. The van der Waals surface area contributed by atoms with Gasteiger partial charge in [0, 0.05) is 38.3 Å². The minimum absolute atomic E-state index is 0.275. The van der Waals surface area contributed by atoms with Gasteiger partial charge in [0.2, 0.25) is 0 Å². The number of aromatic nitrogens is 2. The van der Waals surface area contributed by atoms with E-state index < -0.39 is 0 Å². The maximum atomic E-state index is 9.45. The van der Waals surface area contributed by atoms with Crippen molar-refractivity contribution < 1.29 is 5.11 Å². The molecule has 5 nitrogen and oxygen atoms in total. The molecule has 1 aromatic heterocycles. The molecule has 1 N–H and O–H groups in total. The highest BCUT2D eigenvalue weighted by atomic mass is 35.5. The Morgan fingerprint density at radius 2 is 1.90 bits per heavy atom. The van der Waals surface area contributed by atoms with E-state index in [4.69, 9.17) is 11.6 Å². The van der Waals surface area contributed by atoms with E-state index in [2.05, 4.69) is 26.7 Å². The van der Waals surface area contributed by atoms with E-state index in [1.807, 2.05) is 13.8 Å². The lowest BCUT2D eigenvalue weighted by atomic mass is 10.2. The summed E-state index contributed by atoms with van der Waals surface area (Å²) in [7, 11) is 0. The van der Waals surface area contributed by atoms with Gasteiger partial charge in [-0.15, -0.1) is 0 Å². The van der Waals surface area contributed by atoms with Crippen LogP contribution in [0.4, 0.5) is 5.82 Å². The lowest BCUT2D eigenvalue weighted by molar-refractivity contribution is 0.122. The number of hydrogen-bond donors (Lipinski definition) is 1. The number of β-amino-alcohol motifs (C(OH)–C–C–N with tert-alkyl or cyclic N) is 1. The number of aryl methyl sites for hydroxylation is 1. The first-order valence-electron chi connectivity index (χ1n) is 7.19. The zero-order valence-corrected chi connectivity index (χ0v) is 13.2. The van der Waals surface area contributed by atoms with Gasteiger partial charge in [0.1, 0.15) is 16.8 Å². The molecule has 0 aromatic carbocycles. The largest absolute Gasteiger partial charge is 0.392 e. The van der Waals surface area contributed by atoms with E-state index >= 15 is 0 Å². The molecular weight excluding hydrogens is 276 g/mol. The van der Waals surface area contributed by atoms with Crippen LogP contribution in [-0.4, -0.2) is 58.8 Å². The Morgan fingerprint density at radius 3 is 2.45 bits per heavy atom. The van der Waals surface area contributed by atoms with Gasteiger partial charge >= 0.3 is 0 Å². The summed E-state index contributed by atoms with van der Waals surface area (Å²) in [6.07, 6.45) is 0.561. The molecule has 20 heavy (non-hydrogen) atoms. The topological polar surface area (TPSA) is 52.5 Å². The molecule has 0 amide bonds. The van der Waals surface area contributed by atoms with Crippen LogP contribution in [0, 0.1) is 6.92 Å². The number of anilines is 1. The van der Waals surface area contributed by atoms with Crippen molar-refractivity contribution in [2.45, 2.75) is 33.3 Å². The minimum atomic E-state index is -0.275. The molecule has 0 aliphatic carbocycles. The number of aliphatic hydroxyl groups excluding tert-OH is 1. The second-order valence-corrected chi connectivity index (χ2v) is 5.71. The molecule has 1 aromatic rings. The number of nitrogens with zero attached hydrogens (tertiary/aromatic N) is 4. The maximum Gasteiger partial charge on any atom is 0.138 e. The van der Waals surface area contributed by atoms with Gasteiger partial charge in [-0.05, 0) is 20.3 Å². The van der Waals surface area contributed by atoms with Crippen molar-refractivity contribution in [1.82, 2.24) is 14.9 Å². The molecule has 0 unspecified atom stereocenters. The van der Waals surface area contributed by atoms with Crippen molar-refractivity contribution in [3.8, 4) is 0 Å². The van der Waals surface area contributed by atoms with E-state index in [9.17, 15) is 5.11 Å². The van der Waals surface area contributed by atoms with E-state index in [0.29, 0.717) is 11.0 Å². The molecule has 1 fully saturated rings. The number of halogens is 1. The summed E-state index contributed by atoms with van der Waals surface area (Å²) in [5, 5.41) is 10.0. The first-order valence-corrected chi connectivity index (χ1v) is 7.57. The van der Waals surface area contributed by atoms with Crippen molar-refractivity contribution in [2.75, 3.05) is 37.6 Å². The van der Waals surface area contributed by atoms with Crippen molar-refractivity contribution in [3.63, 3.8) is 0 Å². The van der Waals surface area contributed by atoms with Crippen molar-refractivity contribution >= 4 is 17.4 Å². The van der Waals surface area contributed by atoms with Gasteiger partial charge in [-0.3, -0.25) is 4.90 Å². The molecule has 1 aliphatic rings. The summed E-state index contributed by atoms with van der Waals surface area (Å²) in [5.74, 6) is 1.69. The smallest absolute Gasteiger partial charge is 0.138 e. The quantitative estimate of drug-likeness (QED) is 0.854. The van der Waals surface area contributed by atoms with Gasteiger partial charge in [-0.1, -0.05) is 18.5 Å². The first-order chi connectivity index (χ1) is 9.51. The van der Waals surface area contributed by atoms with E-state index in [1.165, 1.54) is 0 Å². The maximum absolute atomic E-state index is 9.45. The molecule has 0 bridgehead atoms. The number of hydrogen-bond acceptors (Lipinski definition) is 5. The Hall–Kier alpha value is -0.910. The van der Waals surface area contributed by atoms with Crippen LogP contribution in [-0.2, 0) is 6.42 Å². The number of rotatable bonds is 4. The SMILES string of the molecule is CCc1c(Cl)nc(C)nc1N1CCN(C[C@@H](C)O)CC1. The predicted octanol–water partition coefficient (Wildman–Crippen LogP) is 1.50. The van der Waals surface area contributed by atoms with E-state index in [1.54, 1.807) is 0 Å². The first kappa shape index (κ1) is 15.5. The third-order valence-electron chi connectivity index (χ3n) is 3.59. The van der Waals surface area contributed by atoms with Gasteiger partial charge in [0.15, 0.2) is 0 Å². The normalized spacial score (nSPS) is 18.4. The molecule has 0 spiro atoms. The molecule has 1 saturated heterocycles. The Labute approximate surface area is 125 Å². The molecule has 2 heterocycles. The summed E-state index contributed by atoms with van der Waals surface area (Å²) in [6, 6.07) is 0. The Kier molecular flexibility index (Phi) is 5.18. The second kappa shape index (κ2) is 6.70. The third kappa shape index (κ3) is 3.59. The molecule has 112 valence electrons. The van der Waals surface area contributed by atoms with Gasteiger partial charge < -0.3 is 10.0 Å². The van der Waals surface area contributed by atoms with Crippen molar-refractivity contribution in [1.29, 1.82) is 0 Å². The van der Waals surface area contributed by atoms with Crippen molar-refractivity contribution in [2.24, 2.45) is 0 Å². The van der Waals surface area contributed by atoms with Crippen molar-refractivity contribution in [3.05, 3.63) is 16.5 Å². The third-order valence-corrected chi connectivity index (χ3v) is 3.91. The zero-order chi connectivity index (χ0) is 14.7. The van der Waals surface area contributed by atoms with Crippen LogP contribution in [0.1, 0.15) is 25.2 Å². The van der Waals surface area contributed by atoms with E-state index in [-0.39, 0.29) is 6.10 Å². The summed E-state index contributed by atoms with van der Waals surface area (Å²) < 4.78 is 0. The Morgan fingerprint density at radius 1 is 1.25 bits per heavy atom. The lowest BCUT2D eigenvalue weighted by Crippen LogP contribution is -2.48. The van der Waals surface area contributed by atoms with E-state index in [0.717, 1.165) is 50.5 Å². The molecule has 0 radical (unpaired) electrons. The summed E-state index contributed by atoms with van der Waals surface area (Å²) in [4.78, 5) is 13.4. The van der Waals surface area contributed by atoms with Crippen LogP contribution < -0.4 is 4.90 Å². The van der Waals surface area contributed by atoms with Gasteiger partial charge in [-0.25, -0.2) is 9.97 Å². The molecular formula is C14H23ClN4O. The minimum Gasteiger partial charge on any atom is -0.392 e. The van der Waals surface area contributed by atoms with Crippen LogP contribution in [0.5, 0.6) is 0 Å². The summed E-state index contributed by atoms with van der Waals surface area (Å²) >= 11 is 6.23. The monoisotopic (exact) mass is 298 g/mol. The zero-order valence-electron chi connectivity index (χ0n) is 12.4. The van der Waals surface area contributed by atoms with Crippen LogP contribution in [0.25, 0.3) is 0 Å². The van der Waals surface area contributed by atoms with Gasteiger partial charge in [0.25, 0.3) is 0 Å². The highest BCUT2D eigenvalue weighted by Crippen LogP contribution is 2.25. The molecule has 6 heteroatoms. The van der Waals surface area contributed by atoms with Crippen LogP contribution in [0.15, 0.2) is 0 Å². The number of piperazine rings is 1. The fourth-order valence-electron chi connectivity index (χ4n) is 2.63. The highest BCUT2D eigenvalue weighted by molar-refractivity contribution is 6.30. The van der Waals surface area contributed by atoms with Crippen LogP contribution in [0.2, 0.25) is 5.15 Å². The second-order valence-electron chi connectivity index (χ2n) is 5.35. The Balaban J connectivity index is 2.10. The number of aliphatic hydroxyl groups is 1. The Bertz CT molecular complexity index is 459. The summed E-state index contributed by atoms with van der Waals surface area (Å²) in [6.45, 7) is 10.2. The highest BCUT2D eigenvalue weighted by Gasteiger charge is 2.22. The van der Waals surface area contributed by atoms with Crippen LogP contribution in [0.3, 0.4) is 0 Å². The lowest BCUT2D eigenvalue weighted by Gasteiger charge is -2.36. The molecule has 0 saturated carbocycles. The fraction of sp³-hybridized carbons (Fsp3) is 0.714. The molecule has 1 aliphatic heterocycles. The average molecular weight is 299 g/mol. The predicted molar refractivity (Wildman–Crippen MR) is 81.5 cm³/mol. The van der Waals surface area contributed by atoms with Gasteiger partial charge in [-0.2, -0.15) is 0 Å². The van der Waals surface area contributed by atoms with Gasteiger partial charge in [0.05, 0.1) is 6.10 Å².